The van der Waals surface area contributed by atoms with Gasteiger partial charge in [0.25, 0.3) is 11.8 Å². The second kappa shape index (κ2) is 32.8. The van der Waals surface area contributed by atoms with E-state index < -0.39 is 48.3 Å². The van der Waals surface area contributed by atoms with Crippen LogP contribution in [0.15, 0.2) is 143 Å². The molecule has 3 N–H and O–H groups in total. The van der Waals surface area contributed by atoms with Crippen molar-refractivity contribution in [2.45, 2.75) is 147 Å². The number of hydrogen-bond acceptors (Lipinski definition) is 15. The average Bonchev–Trinajstić information content (AvgIpc) is 3.92. The molecule has 7 atom stereocenters. The second-order valence-corrected chi connectivity index (χ2v) is 23.4. The number of amides is 2. The van der Waals surface area contributed by atoms with Gasteiger partial charge in [-0.2, -0.15) is 9.97 Å². The third kappa shape index (κ3) is 18.9. The molecule has 4 aliphatic heterocycles. The highest BCUT2D eigenvalue weighted by molar-refractivity contribution is 6.04. The first-order valence-corrected chi connectivity index (χ1v) is 31.4. The zero-order valence-corrected chi connectivity index (χ0v) is 51.1. The Kier molecular flexibility index (Phi) is 24.0. The Balaban J connectivity index is 0.000000181. The van der Waals surface area contributed by atoms with Gasteiger partial charge in [-0.05, 0) is 123 Å². The molecule has 0 bridgehead atoms. The van der Waals surface area contributed by atoms with Crippen molar-refractivity contribution in [1.29, 1.82) is 0 Å². The van der Waals surface area contributed by atoms with Gasteiger partial charge in [0.2, 0.25) is 0 Å². The quantitative estimate of drug-likeness (QED) is 0.0540. The van der Waals surface area contributed by atoms with E-state index >= 15 is 0 Å². The van der Waals surface area contributed by atoms with Crippen LogP contribution in [0.5, 0.6) is 0 Å². The summed E-state index contributed by atoms with van der Waals surface area (Å²) in [4.78, 5) is 77.8. The number of fused-ring (bicyclic) bond motifs is 1. The van der Waals surface area contributed by atoms with Crippen LogP contribution in [0.25, 0.3) is 0 Å². The molecule has 468 valence electrons. The maximum absolute atomic E-state index is 12.9. The maximum Gasteiger partial charge on any atom is 0.508 e. The van der Waals surface area contributed by atoms with Gasteiger partial charge in [0.1, 0.15) is 36.8 Å². The molecule has 6 aromatic rings. The summed E-state index contributed by atoms with van der Waals surface area (Å²) in [5.41, 5.74) is 4.19. The van der Waals surface area contributed by atoms with Gasteiger partial charge in [0.15, 0.2) is 0 Å². The number of aliphatic hydroxyl groups excluding tert-OH is 1. The second-order valence-electron chi connectivity index (χ2n) is 23.4. The zero-order chi connectivity index (χ0) is 62.5. The van der Waals surface area contributed by atoms with Gasteiger partial charge in [-0.25, -0.2) is 14.4 Å². The highest BCUT2D eigenvalue weighted by atomic mass is 16.7. The molecular weight excluding hydrogens is 1130 g/mol. The van der Waals surface area contributed by atoms with Crippen LogP contribution in [0, 0.1) is 30.6 Å². The van der Waals surface area contributed by atoms with E-state index in [2.05, 4.69) is 71.4 Å². The summed E-state index contributed by atoms with van der Waals surface area (Å²) in [6.07, 6.45) is 22.4. The lowest BCUT2D eigenvalue weighted by molar-refractivity contribution is -0.0383. The number of nitrogens with one attached hydrogen (secondary N) is 2. The molecule has 0 radical (unpaired) electrons. The van der Waals surface area contributed by atoms with Crippen molar-refractivity contribution in [2.75, 3.05) is 56.5 Å². The Morgan fingerprint density at radius 1 is 0.663 bits per heavy atom. The van der Waals surface area contributed by atoms with Crippen LogP contribution in [0.2, 0.25) is 0 Å². The number of benzene rings is 4. The molecule has 3 unspecified atom stereocenters. The fourth-order valence-electron chi connectivity index (χ4n) is 12.2. The van der Waals surface area contributed by atoms with E-state index in [1.807, 2.05) is 50.2 Å². The van der Waals surface area contributed by atoms with Crippen molar-refractivity contribution >= 4 is 29.6 Å². The molecular formula is C70H83N9O10. The van der Waals surface area contributed by atoms with E-state index in [1.54, 1.807) is 48.5 Å². The third-order valence-electron chi connectivity index (χ3n) is 17.1. The maximum atomic E-state index is 12.9. The van der Waals surface area contributed by atoms with Crippen LogP contribution in [0.1, 0.15) is 146 Å². The number of aliphatic hydroxyl groups is 1. The third-order valence-corrected chi connectivity index (χ3v) is 17.1. The molecule has 19 heteroatoms. The van der Waals surface area contributed by atoms with Crippen LogP contribution in [-0.4, -0.2) is 133 Å². The van der Waals surface area contributed by atoms with Crippen molar-refractivity contribution in [3.05, 3.63) is 188 Å². The van der Waals surface area contributed by atoms with Crippen molar-refractivity contribution in [2.24, 2.45) is 5.92 Å². The monoisotopic (exact) mass is 1210 g/mol. The van der Waals surface area contributed by atoms with E-state index in [-0.39, 0.29) is 42.6 Å². The Morgan fingerprint density at radius 3 is 1.76 bits per heavy atom. The summed E-state index contributed by atoms with van der Waals surface area (Å²) < 4.78 is 25.6. The van der Waals surface area contributed by atoms with Crippen molar-refractivity contribution < 1.29 is 38.4 Å². The number of aromatic nitrogens is 4. The number of hydrogen-bond donors (Lipinski definition) is 3. The minimum atomic E-state index is -0.756. The molecule has 4 saturated heterocycles. The largest absolute Gasteiger partial charge is 0.508 e. The molecule has 5 aliphatic rings. The average molecular weight is 1210 g/mol. The van der Waals surface area contributed by atoms with E-state index in [0.29, 0.717) is 42.9 Å². The van der Waals surface area contributed by atoms with E-state index in [4.69, 9.17) is 31.8 Å². The lowest BCUT2D eigenvalue weighted by Crippen LogP contribution is -2.54. The van der Waals surface area contributed by atoms with Gasteiger partial charge in [0, 0.05) is 99.3 Å². The van der Waals surface area contributed by atoms with Crippen LogP contribution in [-0.2, 0) is 32.0 Å². The number of anilines is 2. The van der Waals surface area contributed by atoms with Crippen molar-refractivity contribution in [1.82, 2.24) is 33.8 Å². The molecule has 11 rings (SSSR count). The Bertz CT molecular complexity index is 3450. The molecule has 6 heterocycles. The Labute approximate surface area is 521 Å². The normalized spacial score (nSPS) is 21.8. The first-order chi connectivity index (χ1) is 43.3. The minimum absolute atomic E-state index is 0.138. The highest BCUT2D eigenvalue weighted by Crippen LogP contribution is 2.33. The van der Waals surface area contributed by atoms with Gasteiger partial charge < -0.3 is 34.7 Å². The first-order valence-electron chi connectivity index (χ1n) is 31.4. The number of carbonyl (C=O) groups is 3. The molecule has 89 heavy (non-hydrogen) atoms. The smallest absolute Gasteiger partial charge is 0.433 e. The van der Waals surface area contributed by atoms with Crippen LogP contribution in [0.4, 0.5) is 16.4 Å². The predicted molar refractivity (Wildman–Crippen MR) is 341 cm³/mol. The van der Waals surface area contributed by atoms with Gasteiger partial charge in [-0.3, -0.25) is 33.4 Å². The SMILES string of the molecule is C#Cc1ccc(CN(CCOC(=O)OC2C[C@H](n3ccc(NC(=O)c4ccccc4)nc3=O)O[C@@H]2CC)CC2CCCCC2)cc1.C#Cc1ccc(CN2CCN3CCCCC3C2)cc1.CC[C@H]1O[C@@H](n2ccc(NC(=O)c3ccccc3)nc2=O)CC1O. The number of piperazine rings is 1. The van der Waals surface area contributed by atoms with Crippen molar-refractivity contribution in [3.63, 3.8) is 0 Å². The topological polar surface area (TPSA) is 212 Å². The first kappa shape index (κ1) is 65.2. The standard InChI is InChI=1S/C36H42N4O6.C17H19N3O4.C17H22N2/c1-3-26-15-17-28(18-16-26)25-39(24-27-11-7-5-8-12-27)21-22-44-36(43)46-31-23-33(45-30(31)4-2)40-20-19-32(38-35(40)42)37-34(41)29-13-9-6-10-14-29;1-2-13-12(21)10-15(24-13)20-9-8-14(19-17(20)23)18-16(22)11-6-4-3-5-7-11;1-2-15-6-8-16(9-7-15)13-18-11-12-19-10-4-3-5-17(19)14-18/h1,6,9-10,13-20,27,30-31,33H,4-5,7-8,11-12,21-25H2,2H3,(H,37,38,41,42);3-9,12-13,15,21H,2,10H2,1H3,(H,18,19,22,23);1,6-9,17H,3-5,10-14H2/t30-,31?,33-;12?,13-,15-;/m11./s1. The summed E-state index contributed by atoms with van der Waals surface area (Å²) in [6.45, 7) is 12.4. The Morgan fingerprint density at radius 2 is 1.21 bits per heavy atom. The number of carbonyl (C=O) groups excluding carboxylic acids is 3. The van der Waals surface area contributed by atoms with Crippen LogP contribution >= 0.6 is 0 Å². The number of ether oxygens (including phenoxy) is 4. The molecule has 4 aromatic carbocycles. The van der Waals surface area contributed by atoms with Crippen LogP contribution < -0.4 is 22.0 Å². The lowest BCUT2D eigenvalue weighted by atomic mass is 9.89. The fraction of sp³-hybridized carbons (Fsp3) is 0.443. The van der Waals surface area contributed by atoms with E-state index in [1.165, 1.54) is 117 Å². The zero-order valence-electron chi connectivity index (χ0n) is 51.1. The Hall–Kier alpha value is -8.27. The molecule has 0 spiro atoms. The summed E-state index contributed by atoms with van der Waals surface area (Å²) >= 11 is 0. The molecule has 1 aliphatic carbocycles. The molecule has 2 amide bonds. The number of terminal acetylenes is 2. The number of piperidine rings is 1. The van der Waals surface area contributed by atoms with Gasteiger partial charge in [-0.1, -0.05) is 112 Å². The highest BCUT2D eigenvalue weighted by Gasteiger charge is 2.39. The molecule has 19 nitrogen and oxygen atoms in total. The number of nitrogens with zero attached hydrogens (tertiary/aromatic N) is 7. The van der Waals surface area contributed by atoms with E-state index in [0.717, 1.165) is 42.4 Å². The van der Waals surface area contributed by atoms with Gasteiger partial charge in [-0.15, -0.1) is 12.8 Å². The van der Waals surface area contributed by atoms with Crippen LogP contribution in [0.3, 0.4) is 0 Å². The minimum Gasteiger partial charge on any atom is -0.433 e. The fourth-order valence-corrected chi connectivity index (χ4v) is 12.2. The lowest BCUT2D eigenvalue weighted by Gasteiger charge is -2.44. The molecule has 1 saturated carbocycles. The summed E-state index contributed by atoms with van der Waals surface area (Å²) in [5.74, 6) is 5.58. The predicted octanol–water partition coefficient (Wildman–Crippen LogP) is 9.67. The van der Waals surface area contributed by atoms with Crippen molar-refractivity contribution in [3.8, 4) is 24.7 Å². The van der Waals surface area contributed by atoms with E-state index in [9.17, 15) is 29.1 Å². The summed E-state index contributed by atoms with van der Waals surface area (Å²) in [7, 11) is 0. The summed E-state index contributed by atoms with van der Waals surface area (Å²) in [5, 5.41) is 15.1. The van der Waals surface area contributed by atoms with Gasteiger partial charge in [0.05, 0.1) is 18.3 Å². The number of rotatable bonds is 18. The molecule has 2 aromatic heterocycles. The summed E-state index contributed by atoms with van der Waals surface area (Å²) in [6, 6.07) is 37.7. The van der Waals surface area contributed by atoms with Gasteiger partial charge >= 0.3 is 17.5 Å². The molecule has 5 fully saturated rings.